The highest BCUT2D eigenvalue weighted by Gasteiger charge is 2.40. The summed E-state index contributed by atoms with van der Waals surface area (Å²) >= 11 is 0. The summed E-state index contributed by atoms with van der Waals surface area (Å²) in [6.07, 6.45) is -1.89. The molecule has 13 nitrogen and oxygen atoms in total. The molecule has 0 bridgehead atoms. The Bertz CT molecular complexity index is 2280. The fraction of sp³-hybridized carbons (Fsp3) is 0.500. The second-order valence-corrected chi connectivity index (χ2v) is 17.8. The molecule has 7 rings (SSSR count). The van der Waals surface area contributed by atoms with Crippen molar-refractivity contribution in [2.75, 3.05) is 54.4 Å². The molecule has 60 heavy (non-hydrogen) atoms. The van der Waals surface area contributed by atoms with Crippen LogP contribution < -0.4 is 25.2 Å². The van der Waals surface area contributed by atoms with Crippen LogP contribution in [-0.2, 0) is 25.8 Å². The van der Waals surface area contributed by atoms with Crippen molar-refractivity contribution in [2.24, 2.45) is 0 Å². The molecule has 0 aliphatic carbocycles. The highest BCUT2D eigenvalue weighted by Crippen LogP contribution is 2.38. The molecule has 0 spiro atoms. The molecule has 3 saturated heterocycles. The first-order valence-corrected chi connectivity index (χ1v) is 21.2. The number of sulfonamides is 1. The molecule has 2 aromatic carbocycles. The van der Waals surface area contributed by atoms with Crippen molar-refractivity contribution in [2.45, 2.75) is 93.2 Å². The van der Waals surface area contributed by atoms with E-state index in [0.29, 0.717) is 56.8 Å². The molecule has 4 aliphatic rings. The smallest absolute Gasteiger partial charge is 0.388 e. The van der Waals surface area contributed by atoms with E-state index in [1.54, 1.807) is 12.1 Å². The minimum absolute atomic E-state index is 0.0657. The number of amides is 2. The predicted octanol–water partition coefficient (Wildman–Crippen LogP) is 5.30. The lowest BCUT2D eigenvalue weighted by atomic mass is 9.90. The van der Waals surface area contributed by atoms with Gasteiger partial charge in [-0.05, 0) is 76.3 Å². The van der Waals surface area contributed by atoms with E-state index in [0.717, 1.165) is 17.7 Å². The second-order valence-electron chi connectivity index (χ2n) is 16.1. The zero-order chi connectivity index (χ0) is 43.1. The van der Waals surface area contributed by atoms with Gasteiger partial charge in [0.25, 0.3) is 0 Å². The topological polar surface area (TPSA) is 160 Å². The SMILES string of the molecule is CC(C1=CCN(c2ccc(C3CCC(=O)NC3=O)c(F)c2)CC1)N1CC[C@@H](NS(=O)(=O)c2ccc(Nc3ncc(C(F)(F)F)c(N4CCC[C@](C)(O)C4)n3)c(F)c2)[C@@H](F)C1. The molecule has 5 heterocycles. The van der Waals surface area contributed by atoms with Crippen LogP contribution in [0.3, 0.4) is 0 Å². The minimum Gasteiger partial charge on any atom is -0.388 e. The molecule has 2 unspecified atom stereocenters. The zero-order valence-corrected chi connectivity index (χ0v) is 33.7. The lowest BCUT2D eigenvalue weighted by molar-refractivity contribution is -0.138. The molecule has 3 fully saturated rings. The number of anilines is 4. The minimum atomic E-state index is -4.81. The quantitative estimate of drug-likeness (QED) is 0.119. The summed E-state index contributed by atoms with van der Waals surface area (Å²) in [5.74, 6) is -4.08. The van der Waals surface area contributed by atoms with Gasteiger partial charge in [0, 0.05) is 69.2 Å². The van der Waals surface area contributed by atoms with Gasteiger partial charge in [-0.1, -0.05) is 17.7 Å². The summed E-state index contributed by atoms with van der Waals surface area (Å²) in [6, 6.07) is 6.31. The first-order chi connectivity index (χ1) is 28.3. The average molecular weight is 865 g/mol. The van der Waals surface area contributed by atoms with Crippen molar-refractivity contribution in [3.8, 4) is 0 Å². The average Bonchev–Trinajstić information content (AvgIpc) is 3.18. The van der Waals surface area contributed by atoms with Gasteiger partial charge in [-0.3, -0.25) is 19.8 Å². The summed E-state index contributed by atoms with van der Waals surface area (Å²) in [6.45, 7) is 4.87. The van der Waals surface area contributed by atoms with E-state index >= 15 is 13.2 Å². The molecule has 20 heteroatoms. The largest absolute Gasteiger partial charge is 0.421 e. The molecule has 2 amide bonds. The maximum absolute atomic E-state index is 15.6. The van der Waals surface area contributed by atoms with Crippen LogP contribution in [0.15, 0.2) is 59.1 Å². The summed E-state index contributed by atoms with van der Waals surface area (Å²) in [5.41, 5.74) is -0.757. The Kier molecular flexibility index (Phi) is 12.2. The molecular weight excluding hydrogens is 819 g/mol. The Morgan fingerprint density at radius 1 is 1.02 bits per heavy atom. The Labute approximate surface area is 343 Å². The molecule has 4 N–H and O–H groups in total. The molecule has 5 atom stereocenters. The molecule has 0 radical (unpaired) electrons. The van der Waals surface area contributed by atoms with Crippen molar-refractivity contribution in [3.05, 3.63) is 77.0 Å². The number of likely N-dealkylation sites (tertiary alicyclic amines) is 1. The summed E-state index contributed by atoms with van der Waals surface area (Å²) in [4.78, 5) is 36.2. The van der Waals surface area contributed by atoms with Crippen molar-refractivity contribution in [1.82, 2.24) is 24.9 Å². The van der Waals surface area contributed by atoms with Crippen LogP contribution in [-0.4, -0.2) is 103 Å². The van der Waals surface area contributed by atoms with Crippen molar-refractivity contribution < 1.29 is 49.5 Å². The number of nitrogens with zero attached hydrogens (tertiary/aromatic N) is 5. The Morgan fingerprint density at radius 2 is 1.80 bits per heavy atom. The number of carbonyl (C=O) groups is 2. The number of nitrogens with one attached hydrogen (secondary N) is 3. The van der Waals surface area contributed by atoms with Gasteiger partial charge < -0.3 is 20.2 Å². The third-order valence-corrected chi connectivity index (χ3v) is 13.2. The highest BCUT2D eigenvalue weighted by atomic mass is 32.2. The van der Waals surface area contributed by atoms with Gasteiger partial charge in [0.1, 0.15) is 29.2 Å². The predicted molar refractivity (Wildman–Crippen MR) is 210 cm³/mol. The highest BCUT2D eigenvalue weighted by molar-refractivity contribution is 7.89. The van der Waals surface area contributed by atoms with Crippen LogP contribution in [0.1, 0.15) is 69.4 Å². The van der Waals surface area contributed by atoms with E-state index in [1.165, 1.54) is 17.9 Å². The van der Waals surface area contributed by atoms with Crippen molar-refractivity contribution in [3.63, 3.8) is 0 Å². The van der Waals surface area contributed by atoms with Gasteiger partial charge in [0.05, 0.1) is 28.1 Å². The van der Waals surface area contributed by atoms with E-state index in [2.05, 4.69) is 25.3 Å². The number of benzene rings is 2. The third-order valence-electron chi connectivity index (χ3n) is 11.7. The monoisotopic (exact) mass is 864 g/mol. The standard InChI is InChI=1S/C40H46F6N8O5S/c1-23(24-10-15-52(16-11-24)25-4-6-27(30(41)18-25)28-7-9-35(55)49-37(28)56)53-17-12-34(32(43)21-53)51-60(58,59)26-5-8-33(31(42)19-26)48-38-47-20-29(40(44,45)46)36(50-38)54-14-3-13-39(2,57)22-54/h4-6,8,10,18-20,23,28,32,34,51,57H,3,7,9,11-17,21-22H2,1-2H3,(H,47,48,50)(H,49,55,56)/t23?,28?,32-,34+,39-/m0/s1. The number of aromatic nitrogens is 2. The van der Waals surface area contributed by atoms with Crippen LogP contribution in [0.2, 0.25) is 0 Å². The van der Waals surface area contributed by atoms with Gasteiger partial charge in [-0.15, -0.1) is 0 Å². The fourth-order valence-corrected chi connectivity index (χ4v) is 9.66. The normalized spacial score (nSPS) is 25.1. The number of hydrogen-bond acceptors (Lipinski definition) is 11. The number of β-amino-alcohol motifs (C(OH)–C–C–N with tert-alkyl or cyclic N) is 1. The summed E-state index contributed by atoms with van der Waals surface area (Å²) < 4.78 is 117. The molecule has 1 aromatic heterocycles. The third kappa shape index (κ3) is 9.55. The van der Waals surface area contributed by atoms with E-state index in [9.17, 15) is 36.3 Å². The molecule has 3 aromatic rings. The number of imide groups is 1. The number of halogens is 6. The van der Waals surface area contributed by atoms with E-state index in [4.69, 9.17) is 0 Å². The molecule has 324 valence electrons. The Hall–Kier alpha value is -4.79. The van der Waals surface area contributed by atoms with Crippen molar-refractivity contribution in [1.29, 1.82) is 0 Å². The van der Waals surface area contributed by atoms with Gasteiger partial charge in [0.15, 0.2) is 0 Å². The summed E-state index contributed by atoms with van der Waals surface area (Å²) in [7, 11) is -4.41. The number of hydrogen-bond donors (Lipinski definition) is 4. The first-order valence-electron chi connectivity index (χ1n) is 19.7. The van der Waals surface area contributed by atoms with Gasteiger partial charge in [-0.25, -0.2) is 31.3 Å². The number of carbonyl (C=O) groups excluding carboxylic acids is 2. The Balaban J connectivity index is 0.944. The van der Waals surface area contributed by atoms with Crippen LogP contribution in [0.25, 0.3) is 0 Å². The van der Waals surface area contributed by atoms with Crippen LogP contribution >= 0.6 is 0 Å². The van der Waals surface area contributed by atoms with Crippen LogP contribution in [0.5, 0.6) is 0 Å². The number of aliphatic hydroxyl groups is 1. The zero-order valence-electron chi connectivity index (χ0n) is 32.9. The van der Waals surface area contributed by atoms with E-state index in [1.807, 2.05) is 22.8 Å². The second kappa shape index (κ2) is 16.9. The maximum atomic E-state index is 15.6. The lowest BCUT2D eigenvalue weighted by Crippen LogP contribution is -2.54. The van der Waals surface area contributed by atoms with Crippen molar-refractivity contribution >= 4 is 45.0 Å². The Morgan fingerprint density at radius 3 is 2.45 bits per heavy atom. The number of piperidine rings is 3. The first kappa shape index (κ1) is 43.3. The number of alkyl halides is 4. The van der Waals surface area contributed by atoms with Gasteiger partial charge >= 0.3 is 6.18 Å². The number of rotatable bonds is 10. The van der Waals surface area contributed by atoms with Crippen LogP contribution in [0.4, 0.5) is 49.5 Å². The van der Waals surface area contributed by atoms with Crippen LogP contribution in [0, 0.1) is 11.6 Å². The maximum Gasteiger partial charge on any atom is 0.421 e. The van der Waals surface area contributed by atoms with Gasteiger partial charge in [-0.2, -0.15) is 18.2 Å². The fourth-order valence-electron chi connectivity index (χ4n) is 8.36. The van der Waals surface area contributed by atoms with E-state index in [-0.39, 0.29) is 68.0 Å². The molecule has 4 aliphatic heterocycles. The molecular formula is C40H46F6N8O5S. The molecule has 0 saturated carbocycles. The van der Waals surface area contributed by atoms with E-state index < -0.39 is 73.8 Å². The lowest BCUT2D eigenvalue weighted by Gasteiger charge is -2.40. The summed E-state index contributed by atoms with van der Waals surface area (Å²) in [5, 5.41) is 15.3. The van der Waals surface area contributed by atoms with Gasteiger partial charge in [0.2, 0.25) is 27.8 Å².